The number of hydrogen-bond donors (Lipinski definition) is 0. The predicted octanol–water partition coefficient (Wildman–Crippen LogP) is 3.84. The summed E-state index contributed by atoms with van der Waals surface area (Å²) in [6, 6.07) is 6.25. The molecule has 1 heterocycles. The number of halogens is 2. The quantitative estimate of drug-likeness (QED) is 0.765. The first-order valence-electron chi connectivity index (χ1n) is 4.57. The van der Waals surface area contributed by atoms with Gasteiger partial charge in [0, 0.05) is 22.2 Å². The topological polar surface area (TPSA) is 17.8 Å². The Morgan fingerprint density at radius 2 is 2.20 bits per heavy atom. The van der Waals surface area contributed by atoms with Crippen molar-refractivity contribution >= 4 is 31.9 Å². The predicted molar refractivity (Wildman–Crippen MR) is 68.6 cm³/mol. The van der Waals surface area contributed by atoms with Crippen LogP contribution in [0, 0.1) is 6.92 Å². The molecule has 0 atom stereocenters. The van der Waals surface area contributed by atoms with Crippen LogP contribution in [0.2, 0.25) is 0 Å². The molecule has 0 bridgehead atoms. The van der Waals surface area contributed by atoms with Gasteiger partial charge in [-0.25, -0.2) is 4.98 Å². The Morgan fingerprint density at radius 3 is 2.80 bits per heavy atom. The molecule has 4 heteroatoms. The minimum absolute atomic E-state index is 0.833. The third-order valence-corrected chi connectivity index (χ3v) is 3.37. The van der Waals surface area contributed by atoms with Crippen LogP contribution in [0.4, 0.5) is 0 Å². The average Bonchev–Trinajstić information content (AvgIpc) is 2.64. The molecule has 2 rings (SSSR count). The van der Waals surface area contributed by atoms with Crippen LogP contribution in [-0.4, -0.2) is 9.55 Å². The monoisotopic (exact) mass is 328 g/mol. The van der Waals surface area contributed by atoms with Crippen LogP contribution in [0.5, 0.6) is 0 Å². The molecule has 78 valence electrons. The Balaban J connectivity index is 2.58. The fraction of sp³-hybridized carbons (Fsp3) is 0.182. The van der Waals surface area contributed by atoms with E-state index in [1.807, 2.05) is 25.4 Å². The Labute approximate surface area is 106 Å². The average molecular weight is 330 g/mol. The van der Waals surface area contributed by atoms with Crippen molar-refractivity contribution in [3.8, 4) is 5.69 Å². The molecule has 2 nitrogen and oxygen atoms in total. The second-order valence-electron chi connectivity index (χ2n) is 3.25. The highest BCUT2D eigenvalue weighted by molar-refractivity contribution is 9.10. The SMILES string of the molecule is Cc1nccn1-c1ccc(Br)cc1CBr. The van der Waals surface area contributed by atoms with Crippen molar-refractivity contribution in [2.24, 2.45) is 0 Å². The van der Waals surface area contributed by atoms with E-state index in [4.69, 9.17) is 0 Å². The third kappa shape index (κ3) is 2.16. The molecule has 0 unspecified atom stereocenters. The molecule has 1 aromatic heterocycles. The number of alkyl halides is 1. The van der Waals surface area contributed by atoms with E-state index in [1.165, 1.54) is 11.3 Å². The van der Waals surface area contributed by atoms with Gasteiger partial charge in [0.2, 0.25) is 0 Å². The lowest BCUT2D eigenvalue weighted by Gasteiger charge is -2.10. The van der Waals surface area contributed by atoms with Crippen LogP contribution in [0.25, 0.3) is 5.69 Å². The highest BCUT2D eigenvalue weighted by Gasteiger charge is 2.06. The summed E-state index contributed by atoms with van der Waals surface area (Å²) in [5, 5.41) is 0.833. The van der Waals surface area contributed by atoms with Crippen molar-refractivity contribution in [1.82, 2.24) is 9.55 Å². The Bertz CT molecular complexity index is 477. The van der Waals surface area contributed by atoms with E-state index in [9.17, 15) is 0 Å². The van der Waals surface area contributed by atoms with Gasteiger partial charge in [0.1, 0.15) is 5.82 Å². The first kappa shape index (κ1) is 10.9. The number of benzene rings is 1. The van der Waals surface area contributed by atoms with Crippen LogP contribution >= 0.6 is 31.9 Å². The molecule has 0 saturated carbocycles. The maximum atomic E-state index is 4.23. The smallest absolute Gasteiger partial charge is 0.110 e. The van der Waals surface area contributed by atoms with Crippen LogP contribution in [-0.2, 0) is 5.33 Å². The number of hydrogen-bond acceptors (Lipinski definition) is 1. The van der Waals surface area contributed by atoms with Crippen molar-refractivity contribution in [2.45, 2.75) is 12.3 Å². The summed E-state index contributed by atoms with van der Waals surface area (Å²) in [7, 11) is 0. The molecular formula is C11H10Br2N2. The van der Waals surface area contributed by atoms with Gasteiger partial charge in [0.05, 0.1) is 5.69 Å². The minimum Gasteiger partial charge on any atom is -0.304 e. The number of rotatable bonds is 2. The van der Waals surface area contributed by atoms with E-state index >= 15 is 0 Å². The maximum Gasteiger partial charge on any atom is 0.110 e. The maximum absolute atomic E-state index is 4.23. The van der Waals surface area contributed by atoms with Crippen molar-refractivity contribution in [2.75, 3.05) is 0 Å². The second-order valence-corrected chi connectivity index (χ2v) is 4.73. The molecule has 0 spiro atoms. The zero-order valence-corrected chi connectivity index (χ0v) is 11.4. The van der Waals surface area contributed by atoms with E-state index < -0.39 is 0 Å². The fourth-order valence-corrected chi connectivity index (χ4v) is 2.39. The molecule has 1 aromatic carbocycles. The Kier molecular flexibility index (Phi) is 3.26. The molecule has 0 aliphatic heterocycles. The lowest BCUT2D eigenvalue weighted by Crippen LogP contribution is -1.99. The van der Waals surface area contributed by atoms with Crippen LogP contribution < -0.4 is 0 Å². The van der Waals surface area contributed by atoms with E-state index in [2.05, 4.69) is 53.5 Å². The van der Waals surface area contributed by atoms with Gasteiger partial charge in [-0.1, -0.05) is 31.9 Å². The number of aromatic nitrogens is 2. The highest BCUT2D eigenvalue weighted by atomic mass is 79.9. The van der Waals surface area contributed by atoms with Gasteiger partial charge in [0.15, 0.2) is 0 Å². The molecule has 0 radical (unpaired) electrons. The molecule has 0 aliphatic carbocycles. The van der Waals surface area contributed by atoms with Crippen molar-refractivity contribution in [1.29, 1.82) is 0 Å². The Morgan fingerprint density at radius 1 is 1.40 bits per heavy atom. The van der Waals surface area contributed by atoms with E-state index in [-0.39, 0.29) is 0 Å². The normalized spacial score (nSPS) is 10.6. The summed E-state index contributed by atoms with van der Waals surface area (Å²) < 4.78 is 3.18. The van der Waals surface area contributed by atoms with Gasteiger partial charge in [-0.3, -0.25) is 0 Å². The fourth-order valence-electron chi connectivity index (χ4n) is 1.53. The molecule has 0 saturated heterocycles. The first-order valence-corrected chi connectivity index (χ1v) is 6.48. The second kappa shape index (κ2) is 4.49. The summed E-state index contributed by atoms with van der Waals surface area (Å²) in [6.07, 6.45) is 3.79. The van der Waals surface area contributed by atoms with Gasteiger partial charge in [0.25, 0.3) is 0 Å². The van der Waals surface area contributed by atoms with E-state index in [0.29, 0.717) is 0 Å². The standard InChI is InChI=1S/C11H10Br2N2/c1-8-14-4-5-15(8)11-3-2-10(13)6-9(11)7-12/h2-6H,7H2,1H3. The van der Waals surface area contributed by atoms with Gasteiger partial charge in [-0.05, 0) is 30.7 Å². The lowest BCUT2D eigenvalue weighted by atomic mass is 10.2. The Hall–Kier alpha value is -0.610. The van der Waals surface area contributed by atoms with Crippen LogP contribution in [0.3, 0.4) is 0 Å². The number of imidazole rings is 1. The van der Waals surface area contributed by atoms with Crippen LogP contribution in [0.15, 0.2) is 35.1 Å². The molecule has 0 aliphatic rings. The first-order chi connectivity index (χ1) is 7.22. The van der Waals surface area contributed by atoms with Gasteiger partial charge >= 0.3 is 0 Å². The van der Waals surface area contributed by atoms with Crippen molar-refractivity contribution < 1.29 is 0 Å². The minimum atomic E-state index is 0.833. The largest absolute Gasteiger partial charge is 0.304 e. The zero-order valence-electron chi connectivity index (χ0n) is 8.24. The summed E-state index contributed by atoms with van der Waals surface area (Å²) in [4.78, 5) is 4.23. The summed E-state index contributed by atoms with van der Waals surface area (Å²) >= 11 is 6.97. The number of nitrogens with zero attached hydrogens (tertiary/aromatic N) is 2. The molecule has 0 amide bonds. The van der Waals surface area contributed by atoms with Gasteiger partial charge < -0.3 is 4.57 Å². The molecule has 0 N–H and O–H groups in total. The van der Waals surface area contributed by atoms with E-state index in [0.717, 1.165) is 15.6 Å². The number of aryl methyl sites for hydroxylation is 1. The third-order valence-electron chi connectivity index (χ3n) is 2.27. The molecule has 0 fully saturated rings. The zero-order chi connectivity index (χ0) is 10.8. The summed E-state index contributed by atoms with van der Waals surface area (Å²) in [5.74, 6) is 1.000. The summed E-state index contributed by atoms with van der Waals surface area (Å²) in [5.41, 5.74) is 2.41. The summed E-state index contributed by atoms with van der Waals surface area (Å²) in [6.45, 7) is 2.00. The van der Waals surface area contributed by atoms with Crippen molar-refractivity contribution in [3.63, 3.8) is 0 Å². The molecule has 2 aromatic rings. The highest BCUT2D eigenvalue weighted by Crippen LogP contribution is 2.23. The van der Waals surface area contributed by atoms with E-state index in [1.54, 1.807) is 0 Å². The molecular weight excluding hydrogens is 320 g/mol. The van der Waals surface area contributed by atoms with Gasteiger partial charge in [-0.15, -0.1) is 0 Å². The van der Waals surface area contributed by atoms with Crippen molar-refractivity contribution in [3.05, 3.63) is 46.5 Å². The van der Waals surface area contributed by atoms with Gasteiger partial charge in [-0.2, -0.15) is 0 Å². The lowest BCUT2D eigenvalue weighted by molar-refractivity contribution is 0.962. The van der Waals surface area contributed by atoms with Crippen LogP contribution in [0.1, 0.15) is 11.4 Å². The molecule has 15 heavy (non-hydrogen) atoms.